The first-order valence-corrected chi connectivity index (χ1v) is 4.20. The van der Waals surface area contributed by atoms with Crippen molar-refractivity contribution in [2.24, 2.45) is 17.6 Å². The summed E-state index contributed by atoms with van der Waals surface area (Å²) in [4.78, 5) is 10.1. The second-order valence-corrected chi connectivity index (χ2v) is 4.07. The first-order valence-electron chi connectivity index (χ1n) is 3.82. The molecule has 0 fully saturated rings. The lowest BCUT2D eigenvalue weighted by molar-refractivity contribution is -0.122. The number of halogens is 1. The van der Waals surface area contributed by atoms with Crippen molar-refractivity contribution in [1.82, 2.24) is 0 Å². The molecule has 0 aliphatic rings. The van der Waals surface area contributed by atoms with Gasteiger partial charge in [-0.15, -0.1) is 11.6 Å². The van der Waals surface area contributed by atoms with Gasteiger partial charge in [0, 0.05) is 0 Å². The Morgan fingerprint density at radius 3 is 1.55 bits per heavy atom. The topological polar surface area (TPSA) is 43.1 Å². The third kappa shape index (κ3) is 1.86. The van der Waals surface area contributed by atoms with E-state index in [0.29, 0.717) is 0 Å². The highest BCUT2D eigenvalue weighted by atomic mass is 35.5. The molecule has 0 spiro atoms. The van der Waals surface area contributed by atoms with E-state index >= 15 is 0 Å². The zero-order valence-corrected chi connectivity index (χ0v) is 8.27. The molecule has 0 aliphatic carbocycles. The van der Waals surface area contributed by atoms with Gasteiger partial charge in [0.05, 0.1) is 0 Å². The molecule has 0 radical (unpaired) electrons. The van der Waals surface area contributed by atoms with Crippen molar-refractivity contribution in [3.05, 3.63) is 0 Å². The molecule has 0 aromatic carbocycles. The number of carbonyl (C=O) groups is 1. The van der Waals surface area contributed by atoms with Crippen LogP contribution < -0.4 is 5.73 Å². The molecule has 0 aliphatic heterocycles. The Balaban J connectivity index is 4.67. The normalized spacial score (nSPS) is 12.6. The van der Waals surface area contributed by atoms with E-state index in [-0.39, 0.29) is 11.8 Å². The number of carbonyl (C=O) groups excluding carboxylic acids is 1. The van der Waals surface area contributed by atoms with Crippen LogP contribution in [0, 0.1) is 11.8 Å². The SMILES string of the molecule is CC(C)C(Cl)(C(N)=O)C(C)C. The first-order chi connectivity index (χ1) is 4.83. The van der Waals surface area contributed by atoms with Crippen LogP contribution in [-0.2, 0) is 4.79 Å². The summed E-state index contributed by atoms with van der Waals surface area (Å²) in [7, 11) is 0. The number of hydrogen-bond acceptors (Lipinski definition) is 1. The van der Waals surface area contributed by atoms with Crippen molar-refractivity contribution < 1.29 is 4.79 Å². The largest absolute Gasteiger partial charge is 0.368 e. The molecule has 0 heterocycles. The molecule has 66 valence electrons. The van der Waals surface area contributed by atoms with Crippen LogP contribution in [0.25, 0.3) is 0 Å². The van der Waals surface area contributed by atoms with Crippen LogP contribution in [0.3, 0.4) is 0 Å². The van der Waals surface area contributed by atoms with Crippen LogP contribution in [0.4, 0.5) is 0 Å². The second kappa shape index (κ2) is 3.44. The van der Waals surface area contributed by atoms with E-state index < -0.39 is 10.8 Å². The summed E-state index contributed by atoms with van der Waals surface area (Å²) in [6.45, 7) is 7.60. The van der Waals surface area contributed by atoms with Gasteiger partial charge in [0.25, 0.3) is 0 Å². The first kappa shape index (κ1) is 10.8. The number of hydrogen-bond donors (Lipinski definition) is 1. The van der Waals surface area contributed by atoms with Gasteiger partial charge in [0.15, 0.2) is 0 Å². The molecule has 0 unspecified atom stereocenters. The van der Waals surface area contributed by atoms with Crippen LogP contribution in [-0.4, -0.2) is 10.8 Å². The molecule has 1 amide bonds. The molecule has 2 nitrogen and oxygen atoms in total. The number of alkyl halides is 1. The monoisotopic (exact) mass is 177 g/mol. The average Bonchev–Trinajstić information content (AvgIpc) is 1.84. The van der Waals surface area contributed by atoms with E-state index in [1.54, 1.807) is 0 Å². The molecule has 0 aromatic heterocycles. The fourth-order valence-electron chi connectivity index (χ4n) is 1.24. The third-order valence-corrected chi connectivity index (χ3v) is 3.12. The fourth-order valence-corrected chi connectivity index (χ4v) is 1.24. The van der Waals surface area contributed by atoms with Gasteiger partial charge in [-0.1, -0.05) is 27.7 Å². The second-order valence-electron chi connectivity index (χ2n) is 3.44. The lowest BCUT2D eigenvalue weighted by atomic mass is 9.84. The Morgan fingerprint density at radius 1 is 1.27 bits per heavy atom. The molecule has 0 rings (SSSR count). The van der Waals surface area contributed by atoms with E-state index in [1.807, 2.05) is 27.7 Å². The number of rotatable bonds is 3. The summed E-state index contributed by atoms with van der Waals surface area (Å²) < 4.78 is 0. The highest BCUT2D eigenvalue weighted by Gasteiger charge is 2.40. The number of nitrogens with two attached hydrogens (primary N) is 1. The summed E-state index contributed by atoms with van der Waals surface area (Å²) in [5.74, 6) is -0.285. The maximum Gasteiger partial charge on any atom is 0.239 e. The highest BCUT2D eigenvalue weighted by molar-refractivity contribution is 6.35. The summed E-state index contributed by atoms with van der Waals surface area (Å²) in [6.07, 6.45) is 0. The van der Waals surface area contributed by atoms with E-state index in [4.69, 9.17) is 17.3 Å². The Labute approximate surface area is 73.1 Å². The zero-order chi connectivity index (χ0) is 9.23. The van der Waals surface area contributed by atoms with Crippen molar-refractivity contribution in [1.29, 1.82) is 0 Å². The minimum atomic E-state index is -0.889. The van der Waals surface area contributed by atoms with Gasteiger partial charge in [0.2, 0.25) is 5.91 Å². The molecule has 11 heavy (non-hydrogen) atoms. The van der Waals surface area contributed by atoms with Crippen molar-refractivity contribution in [2.45, 2.75) is 32.6 Å². The third-order valence-electron chi connectivity index (χ3n) is 2.06. The molecule has 0 saturated carbocycles. The molecule has 0 atom stereocenters. The summed E-state index contributed by atoms with van der Waals surface area (Å²) in [5, 5.41) is 0. The summed E-state index contributed by atoms with van der Waals surface area (Å²) >= 11 is 6.07. The predicted molar refractivity (Wildman–Crippen MR) is 47.5 cm³/mol. The van der Waals surface area contributed by atoms with E-state index in [1.165, 1.54) is 0 Å². The average molecular weight is 178 g/mol. The van der Waals surface area contributed by atoms with Gasteiger partial charge in [-0.3, -0.25) is 4.79 Å². The van der Waals surface area contributed by atoms with Gasteiger partial charge in [0.1, 0.15) is 4.87 Å². The fraction of sp³-hybridized carbons (Fsp3) is 0.875. The molecule has 0 bridgehead atoms. The van der Waals surface area contributed by atoms with Crippen molar-refractivity contribution in [2.75, 3.05) is 0 Å². The van der Waals surface area contributed by atoms with Crippen molar-refractivity contribution in [3.63, 3.8) is 0 Å². The van der Waals surface area contributed by atoms with Crippen LogP contribution in [0.2, 0.25) is 0 Å². The lowest BCUT2D eigenvalue weighted by Gasteiger charge is -2.31. The predicted octanol–water partition coefficient (Wildman–Crippen LogP) is 1.76. The van der Waals surface area contributed by atoms with Crippen LogP contribution in [0.1, 0.15) is 27.7 Å². The van der Waals surface area contributed by atoms with Gasteiger partial charge in [-0.25, -0.2) is 0 Å². The number of primary amides is 1. The van der Waals surface area contributed by atoms with E-state index in [9.17, 15) is 4.79 Å². The highest BCUT2D eigenvalue weighted by Crippen LogP contribution is 2.32. The van der Waals surface area contributed by atoms with Gasteiger partial charge in [-0.05, 0) is 11.8 Å². The molecular weight excluding hydrogens is 162 g/mol. The van der Waals surface area contributed by atoms with Gasteiger partial charge in [-0.2, -0.15) is 0 Å². The lowest BCUT2D eigenvalue weighted by Crippen LogP contribution is -2.47. The zero-order valence-electron chi connectivity index (χ0n) is 7.52. The Bertz CT molecular complexity index is 146. The maximum atomic E-state index is 11.0. The van der Waals surface area contributed by atoms with Gasteiger partial charge >= 0.3 is 0 Å². The summed E-state index contributed by atoms with van der Waals surface area (Å²) in [5.41, 5.74) is 5.20. The standard InChI is InChI=1S/C8H16ClNO/c1-5(2)8(9,6(3)4)7(10)11/h5-6H,1-4H3,(H2,10,11). The molecule has 0 aromatic rings. The molecule has 2 N–H and O–H groups in total. The van der Waals surface area contributed by atoms with Crippen molar-refractivity contribution >= 4 is 17.5 Å². The van der Waals surface area contributed by atoms with Crippen LogP contribution >= 0.6 is 11.6 Å². The minimum Gasteiger partial charge on any atom is -0.368 e. The summed E-state index contributed by atoms with van der Waals surface area (Å²) in [6, 6.07) is 0. The van der Waals surface area contributed by atoms with E-state index in [2.05, 4.69) is 0 Å². The molecular formula is C8H16ClNO. The minimum absolute atomic E-state index is 0.0710. The Kier molecular flexibility index (Phi) is 3.36. The Hall–Kier alpha value is -0.240. The smallest absolute Gasteiger partial charge is 0.239 e. The maximum absolute atomic E-state index is 11.0. The molecule has 0 saturated heterocycles. The van der Waals surface area contributed by atoms with Crippen LogP contribution in [0.15, 0.2) is 0 Å². The number of amides is 1. The quantitative estimate of drug-likeness (QED) is 0.656. The Morgan fingerprint density at radius 2 is 1.55 bits per heavy atom. The van der Waals surface area contributed by atoms with Gasteiger partial charge < -0.3 is 5.73 Å². The van der Waals surface area contributed by atoms with E-state index in [0.717, 1.165) is 0 Å². The van der Waals surface area contributed by atoms with Crippen LogP contribution in [0.5, 0.6) is 0 Å². The molecule has 3 heteroatoms. The van der Waals surface area contributed by atoms with Crippen molar-refractivity contribution in [3.8, 4) is 0 Å².